The largest absolute Gasteiger partial charge is 0.465 e. The lowest BCUT2D eigenvalue weighted by molar-refractivity contribution is 0.194. The fourth-order valence-corrected chi connectivity index (χ4v) is 4.31. The average molecular weight is 471 g/mol. The Morgan fingerprint density at radius 2 is 2.06 bits per heavy atom. The highest BCUT2D eigenvalue weighted by atomic mass is 16.5. The number of fused-ring (bicyclic) bond motifs is 2. The first-order valence-corrected chi connectivity index (χ1v) is 11.4. The van der Waals surface area contributed by atoms with Gasteiger partial charge in [0.1, 0.15) is 5.69 Å². The van der Waals surface area contributed by atoms with Gasteiger partial charge in [0.25, 0.3) is 0 Å². The molecule has 0 spiro atoms. The molecule has 0 radical (unpaired) electrons. The lowest BCUT2D eigenvalue weighted by atomic mass is 10.0. The number of carboxylic acid groups (broad SMARTS) is 1. The van der Waals surface area contributed by atoms with Crippen LogP contribution in [0.15, 0.2) is 71.6 Å². The number of H-pyrrole nitrogens is 1. The van der Waals surface area contributed by atoms with Crippen molar-refractivity contribution in [3.05, 3.63) is 78.2 Å². The fourth-order valence-electron chi connectivity index (χ4n) is 4.31. The minimum atomic E-state index is -1.07. The molecule has 1 amide bonds. The molecule has 178 valence electrons. The first-order valence-electron chi connectivity index (χ1n) is 11.4. The van der Waals surface area contributed by atoms with Crippen molar-refractivity contribution in [1.82, 2.24) is 20.4 Å². The molecule has 5 rings (SSSR count). The lowest BCUT2D eigenvalue weighted by Gasteiger charge is -2.13. The Bertz CT molecular complexity index is 1470. The van der Waals surface area contributed by atoms with Gasteiger partial charge in [-0.2, -0.15) is 0 Å². The van der Waals surface area contributed by atoms with Crippen molar-refractivity contribution in [2.75, 3.05) is 18.4 Å². The number of hydrogen-bond donors (Lipinski definition) is 5. The maximum atomic E-state index is 11.0. The molecule has 35 heavy (non-hydrogen) atoms. The molecule has 1 unspecified atom stereocenters. The summed E-state index contributed by atoms with van der Waals surface area (Å²) in [6.45, 7) is 0.702. The first kappa shape index (κ1) is 22.4. The smallest absolute Gasteiger partial charge is 0.404 e. The molecule has 3 heterocycles. The van der Waals surface area contributed by atoms with Gasteiger partial charge < -0.3 is 31.0 Å². The molecule has 9 heteroatoms. The number of nitrogens with one attached hydrogen (secondary N) is 3. The van der Waals surface area contributed by atoms with Gasteiger partial charge in [0.15, 0.2) is 0 Å². The summed E-state index contributed by atoms with van der Waals surface area (Å²) in [6, 6.07) is 15.9. The van der Waals surface area contributed by atoms with E-state index in [1.165, 1.54) is 0 Å². The second-order valence-corrected chi connectivity index (χ2v) is 8.46. The van der Waals surface area contributed by atoms with Gasteiger partial charge in [0.05, 0.1) is 0 Å². The van der Waals surface area contributed by atoms with E-state index in [9.17, 15) is 4.79 Å². The highest BCUT2D eigenvalue weighted by Crippen LogP contribution is 2.31. The number of benzene rings is 2. The van der Waals surface area contributed by atoms with E-state index in [0.717, 1.165) is 38.4 Å². The third-order valence-corrected chi connectivity index (χ3v) is 6.04. The molecule has 6 N–H and O–H groups in total. The third-order valence-electron chi connectivity index (χ3n) is 6.04. The minimum absolute atomic E-state index is 0.166. The van der Waals surface area contributed by atoms with Crippen LogP contribution in [-0.4, -0.2) is 45.5 Å². The molecule has 0 aliphatic carbocycles. The summed E-state index contributed by atoms with van der Waals surface area (Å²) in [5, 5.41) is 22.2. The van der Waals surface area contributed by atoms with Crippen LogP contribution in [0.25, 0.3) is 32.9 Å². The topological polar surface area (TPSA) is 142 Å². The number of anilines is 1. The number of rotatable bonds is 9. The van der Waals surface area contributed by atoms with Crippen molar-refractivity contribution in [1.29, 1.82) is 0 Å². The van der Waals surface area contributed by atoms with E-state index < -0.39 is 6.09 Å². The van der Waals surface area contributed by atoms with E-state index >= 15 is 0 Å². The number of nitrogens with two attached hydrogens (primary N) is 1. The number of hydrogen-bond acceptors (Lipinski definition) is 6. The van der Waals surface area contributed by atoms with Crippen LogP contribution in [0.2, 0.25) is 0 Å². The summed E-state index contributed by atoms with van der Waals surface area (Å²) in [7, 11) is 0. The van der Waals surface area contributed by atoms with Crippen molar-refractivity contribution < 1.29 is 14.4 Å². The summed E-state index contributed by atoms with van der Waals surface area (Å²) in [6.07, 6.45) is 5.58. The average Bonchev–Trinajstić information content (AvgIpc) is 3.46. The van der Waals surface area contributed by atoms with Gasteiger partial charge in [-0.3, -0.25) is 4.98 Å². The Kier molecular flexibility index (Phi) is 6.32. The Morgan fingerprint density at radius 1 is 1.17 bits per heavy atom. The molecule has 9 nitrogen and oxygen atoms in total. The third kappa shape index (κ3) is 4.95. The van der Waals surface area contributed by atoms with Crippen LogP contribution in [0.5, 0.6) is 0 Å². The second kappa shape index (κ2) is 9.86. The molecule has 2 aromatic carbocycles. The van der Waals surface area contributed by atoms with E-state index in [1.807, 2.05) is 54.9 Å². The van der Waals surface area contributed by atoms with Gasteiger partial charge in [0.2, 0.25) is 5.88 Å². The maximum absolute atomic E-state index is 11.0. The van der Waals surface area contributed by atoms with Crippen LogP contribution in [0.3, 0.4) is 0 Å². The highest BCUT2D eigenvalue weighted by Gasteiger charge is 2.19. The Balaban J connectivity index is 1.35. The van der Waals surface area contributed by atoms with Crippen molar-refractivity contribution in [3.63, 3.8) is 0 Å². The normalized spacial score (nSPS) is 12.1. The van der Waals surface area contributed by atoms with Gasteiger partial charge in [-0.15, -0.1) is 0 Å². The van der Waals surface area contributed by atoms with Crippen LogP contribution in [0.1, 0.15) is 11.1 Å². The molecule has 0 aliphatic rings. The molecule has 5 aromatic rings. The molecule has 0 aliphatic heterocycles. The van der Waals surface area contributed by atoms with Crippen molar-refractivity contribution >= 4 is 33.7 Å². The zero-order chi connectivity index (χ0) is 24.2. The van der Waals surface area contributed by atoms with Crippen LogP contribution in [0, 0.1) is 0 Å². The highest BCUT2D eigenvalue weighted by molar-refractivity contribution is 5.87. The molecular formula is C26H26N6O3. The molecular weight excluding hydrogens is 444 g/mol. The van der Waals surface area contributed by atoms with Gasteiger partial charge in [-0.25, -0.2) is 4.79 Å². The van der Waals surface area contributed by atoms with Gasteiger partial charge in [-0.1, -0.05) is 35.5 Å². The number of aromatic nitrogens is 3. The predicted octanol–water partition coefficient (Wildman–Crippen LogP) is 4.16. The zero-order valence-electron chi connectivity index (χ0n) is 19.0. The fraction of sp³-hybridized carbons (Fsp3) is 0.192. The Morgan fingerprint density at radius 3 is 2.94 bits per heavy atom. The van der Waals surface area contributed by atoms with E-state index in [0.29, 0.717) is 31.0 Å². The molecule has 0 saturated carbocycles. The van der Waals surface area contributed by atoms with Crippen molar-refractivity contribution in [2.45, 2.75) is 18.9 Å². The first-order chi connectivity index (χ1) is 17.1. The number of aromatic amines is 1. The minimum Gasteiger partial charge on any atom is -0.465 e. The summed E-state index contributed by atoms with van der Waals surface area (Å²) >= 11 is 0. The lowest BCUT2D eigenvalue weighted by Crippen LogP contribution is -2.31. The second-order valence-electron chi connectivity index (χ2n) is 8.46. The molecule has 0 fully saturated rings. The van der Waals surface area contributed by atoms with Crippen LogP contribution < -0.4 is 16.4 Å². The molecule has 3 aromatic heterocycles. The molecule has 0 saturated heterocycles. The quantitative estimate of drug-likeness (QED) is 0.218. The number of nitrogens with zero attached hydrogens (tertiary/aromatic N) is 2. The van der Waals surface area contributed by atoms with Crippen LogP contribution >= 0.6 is 0 Å². The van der Waals surface area contributed by atoms with Gasteiger partial charge >= 0.3 is 6.09 Å². The Labute approximate surface area is 201 Å². The Hall–Kier alpha value is -4.37. The monoisotopic (exact) mass is 470 g/mol. The van der Waals surface area contributed by atoms with Crippen LogP contribution in [-0.2, 0) is 12.8 Å². The van der Waals surface area contributed by atoms with Crippen LogP contribution in [0.4, 0.5) is 10.7 Å². The van der Waals surface area contributed by atoms with E-state index in [1.54, 1.807) is 6.20 Å². The SMILES string of the molecule is NC(CNc1onc(-c2ccc3cnccc3c2)c1CCNC(=O)O)Cc1c[nH]c2ccccc12. The zero-order valence-corrected chi connectivity index (χ0v) is 19.0. The number of amides is 1. The van der Waals surface area contributed by atoms with E-state index in [4.69, 9.17) is 15.4 Å². The van der Waals surface area contributed by atoms with Gasteiger partial charge in [0, 0.05) is 65.1 Å². The standard InChI is InChI=1S/C26H26N6O3/c27-20(12-19-14-30-23-4-2-1-3-21(19)23)15-31-25-22(8-10-29-26(33)34)24(32-35-25)17-5-6-18-13-28-9-7-16(18)11-17/h1-7,9,11,13-14,20,29-31H,8,10,12,15,27H2,(H,33,34). The number of carbonyl (C=O) groups is 1. The van der Waals surface area contributed by atoms with Crippen molar-refractivity contribution in [2.24, 2.45) is 5.73 Å². The summed E-state index contributed by atoms with van der Waals surface area (Å²) < 4.78 is 5.67. The number of pyridine rings is 1. The summed E-state index contributed by atoms with van der Waals surface area (Å²) in [4.78, 5) is 18.4. The van der Waals surface area contributed by atoms with E-state index in [2.05, 4.69) is 31.8 Å². The van der Waals surface area contributed by atoms with E-state index in [-0.39, 0.29) is 12.6 Å². The summed E-state index contributed by atoms with van der Waals surface area (Å²) in [5.74, 6) is 0.497. The molecule has 0 bridgehead atoms. The van der Waals surface area contributed by atoms with Crippen molar-refractivity contribution in [3.8, 4) is 11.3 Å². The van der Waals surface area contributed by atoms with Gasteiger partial charge in [-0.05, 0) is 42.0 Å². The maximum Gasteiger partial charge on any atom is 0.404 e. The number of para-hydroxylation sites is 1. The predicted molar refractivity (Wildman–Crippen MR) is 135 cm³/mol. The molecule has 1 atom stereocenters. The summed E-state index contributed by atoms with van der Waals surface area (Å²) in [5.41, 5.74) is 11.0.